The lowest BCUT2D eigenvalue weighted by atomic mass is 10.2. The van der Waals surface area contributed by atoms with E-state index in [1.807, 2.05) is 30.3 Å². The molecule has 152 valence electrons. The number of carbonyl (C=O) groups is 3. The molecule has 29 heavy (non-hydrogen) atoms. The van der Waals surface area contributed by atoms with Gasteiger partial charge in [0.25, 0.3) is 5.91 Å². The Morgan fingerprint density at radius 2 is 2.07 bits per heavy atom. The number of imide groups is 1. The summed E-state index contributed by atoms with van der Waals surface area (Å²) in [6.45, 7) is 4.36. The van der Waals surface area contributed by atoms with Crippen molar-refractivity contribution in [3.05, 3.63) is 58.4 Å². The number of hydrogen-bond acceptors (Lipinski definition) is 5. The van der Waals surface area contributed by atoms with Gasteiger partial charge in [0.05, 0.1) is 12.2 Å². The van der Waals surface area contributed by atoms with Crippen LogP contribution in [0.4, 0.5) is 4.79 Å². The third-order valence-electron chi connectivity index (χ3n) is 4.43. The molecule has 0 aliphatic carbocycles. The van der Waals surface area contributed by atoms with E-state index < -0.39 is 24.0 Å². The first kappa shape index (κ1) is 20.6. The van der Waals surface area contributed by atoms with E-state index in [2.05, 4.69) is 10.4 Å². The van der Waals surface area contributed by atoms with Crippen molar-refractivity contribution in [1.82, 2.24) is 20.0 Å². The van der Waals surface area contributed by atoms with Gasteiger partial charge in [-0.25, -0.2) is 14.3 Å². The van der Waals surface area contributed by atoms with E-state index >= 15 is 0 Å². The summed E-state index contributed by atoms with van der Waals surface area (Å²) in [4.78, 5) is 36.8. The highest BCUT2D eigenvalue weighted by Crippen LogP contribution is 2.22. The molecule has 0 bridgehead atoms. The maximum atomic E-state index is 12.2. The normalized spacial score (nSPS) is 14.9. The number of amides is 3. The molecule has 1 fully saturated rings. The Kier molecular flexibility index (Phi) is 6.33. The number of urea groups is 1. The Hall–Kier alpha value is -3.13. The lowest BCUT2D eigenvalue weighted by Crippen LogP contribution is -2.41. The van der Waals surface area contributed by atoms with Crippen molar-refractivity contribution in [1.29, 1.82) is 0 Å². The number of aryl methyl sites for hydroxylation is 1. The first-order valence-electron chi connectivity index (χ1n) is 9.11. The number of benzene rings is 1. The van der Waals surface area contributed by atoms with Gasteiger partial charge in [-0.3, -0.25) is 9.69 Å². The smallest absolute Gasteiger partial charge is 0.331 e. The Bertz CT molecular complexity index is 955. The van der Waals surface area contributed by atoms with Crippen molar-refractivity contribution in [2.45, 2.75) is 26.5 Å². The summed E-state index contributed by atoms with van der Waals surface area (Å²) in [6.07, 6.45) is 1.62. The molecule has 1 unspecified atom stereocenters. The fourth-order valence-corrected chi connectivity index (χ4v) is 3.23. The molecule has 2 aromatic rings. The SMILES string of the molecule is Cc1nn(Cc2ccccc2)c(Cl)c1/C=C/C(=O)OC(C)C(=O)N1CCNC1=O. The number of rotatable bonds is 6. The minimum Gasteiger partial charge on any atom is -0.449 e. The third-order valence-corrected chi connectivity index (χ3v) is 4.83. The van der Waals surface area contributed by atoms with Gasteiger partial charge < -0.3 is 10.1 Å². The van der Waals surface area contributed by atoms with Gasteiger partial charge in [-0.1, -0.05) is 41.9 Å². The van der Waals surface area contributed by atoms with E-state index in [1.165, 1.54) is 19.1 Å². The summed E-state index contributed by atoms with van der Waals surface area (Å²) < 4.78 is 6.76. The predicted octanol–water partition coefficient (Wildman–Crippen LogP) is 2.39. The van der Waals surface area contributed by atoms with Crippen LogP contribution in [0.2, 0.25) is 5.15 Å². The van der Waals surface area contributed by atoms with Crippen LogP contribution >= 0.6 is 11.6 Å². The zero-order valence-corrected chi connectivity index (χ0v) is 16.8. The molecule has 1 aliphatic rings. The number of hydrogen-bond donors (Lipinski definition) is 1. The molecule has 9 heteroatoms. The minimum absolute atomic E-state index is 0.255. The lowest BCUT2D eigenvalue weighted by Gasteiger charge is -2.17. The molecule has 2 heterocycles. The lowest BCUT2D eigenvalue weighted by molar-refractivity contribution is -0.153. The van der Waals surface area contributed by atoms with E-state index in [9.17, 15) is 14.4 Å². The van der Waals surface area contributed by atoms with Crippen LogP contribution in [0, 0.1) is 6.92 Å². The molecule has 0 radical (unpaired) electrons. The van der Waals surface area contributed by atoms with Gasteiger partial charge in [0, 0.05) is 24.7 Å². The molecule has 3 amide bonds. The number of esters is 1. The minimum atomic E-state index is -1.08. The Balaban J connectivity index is 1.64. The summed E-state index contributed by atoms with van der Waals surface area (Å²) >= 11 is 6.41. The van der Waals surface area contributed by atoms with Crippen LogP contribution < -0.4 is 5.32 Å². The summed E-state index contributed by atoms with van der Waals surface area (Å²) in [5.74, 6) is -1.27. The fraction of sp³-hybridized carbons (Fsp3) is 0.300. The first-order chi connectivity index (χ1) is 13.9. The van der Waals surface area contributed by atoms with Gasteiger partial charge >= 0.3 is 12.0 Å². The molecule has 1 saturated heterocycles. The zero-order valence-electron chi connectivity index (χ0n) is 16.1. The van der Waals surface area contributed by atoms with E-state index in [0.717, 1.165) is 10.5 Å². The second-order valence-electron chi connectivity index (χ2n) is 6.57. The van der Waals surface area contributed by atoms with Gasteiger partial charge in [-0.15, -0.1) is 0 Å². The van der Waals surface area contributed by atoms with Crippen molar-refractivity contribution >= 4 is 35.6 Å². The van der Waals surface area contributed by atoms with Gasteiger partial charge in [0.1, 0.15) is 5.15 Å². The Morgan fingerprint density at radius 3 is 2.72 bits per heavy atom. The van der Waals surface area contributed by atoms with Crippen LogP contribution in [0.15, 0.2) is 36.4 Å². The number of aromatic nitrogens is 2. The van der Waals surface area contributed by atoms with Crippen LogP contribution in [0.25, 0.3) is 6.08 Å². The average Bonchev–Trinajstić information content (AvgIpc) is 3.23. The first-order valence-corrected chi connectivity index (χ1v) is 9.49. The van der Waals surface area contributed by atoms with Gasteiger partial charge in [-0.05, 0) is 25.5 Å². The topological polar surface area (TPSA) is 93.5 Å². The van der Waals surface area contributed by atoms with Crippen LogP contribution in [0.1, 0.15) is 23.7 Å². The molecule has 1 atom stereocenters. The third kappa shape index (κ3) is 4.83. The summed E-state index contributed by atoms with van der Waals surface area (Å²) in [6, 6.07) is 9.26. The number of nitrogens with zero attached hydrogens (tertiary/aromatic N) is 3. The molecular formula is C20H21ClN4O4. The number of nitrogens with one attached hydrogen (secondary N) is 1. The molecule has 1 aromatic heterocycles. The van der Waals surface area contributed by atoms with E-state index in [-0.39, 0.29) is 6.54 Å². The van der Waals surface area contributed by atoms with E-state index in [1.54, 1.807) is 11.6 Å². The second kappa shape index (κ2) is 8.91. The van der Waals surface area contributed by atoms with Crippen LogP contribution in [0.3, 0.4) is 0 Å². The molecule has 1 aliphatic heterocycles. The fourth-order valence-electron chi connectivity index (χ4n) is 2.93. The van der Waals surface area contributed by atoms with Crippen molar-refractivity contribution in [2.24, 2.45) is 0 Å². The van der Waals surface area contributed by atoms with E-state index in [0.29, 0.717) is 29.5 Å². The summed E-state index contributed by atoms with van der Waals surface area (Å²) in [5, 5.41) is 7.33. The van der Waals surface area contributed by atoms with Crippen LogP contribution in [0.5, 0.6) is 0 Å². The summed E-state index contributed by atoms with van der Waals surface area (Å²) in [5.41, 5.74) is 2.30. The van der Waals surface area contributed by atoms with Crippen molar-refractivity contribution in [3.8, 4) is 0 Å². The van der Waals surface area contributed by atoms with Crippen molar-refractivity contribution < 1.29 is 19.1 Å². The quantitative estimate of drug-likeness (QED) is 0.576. The molecule has 1 N–H and O–H groups in total. The second-order valence-corrected chi connectivity index (χ2v) is 6.93. The Morgan fingerprint density at radius 1 is 1.34 bits per heavy atom. The zero-order chi connectivity index (χ0) is 21.0. The van der Waals surface area contributed by atoms with Crippen LogP contribution in [-0.4, -0.2) is 51.8 Å². The molecule has 3 rings (SSSR count). The van der Waals surface area contributed by atoms with Crippen LogP contribution in [-0.2, 0) is 20.9 Å². The Labute approximate surface area is 173 Å². The molecule has 1 aromatic carbocycles. The highest BCUT2D eigenvalue weighted by Gasteiger charge is 2.31. The van der Waals surface area contributed by atoms with Gasteiger partial charge in [-0.2, -0.15) is 5.10 Å². The van der Waals surface area contributed by atoms with Crippen molar-refractivity contribution in [2.75, 3.05) is 13.1 Å². The molecule has 0 spiro atoms. The van der Waals surface area contributed by atoms with Crippen molar-refractivity contribution in [3.63, 3.8) is 0 Å². The summed E-state index contributed by atoms with van der Waals surface area (Å²) in [7, 11) is 0. The molecule has 0 saturated carbocycles. The molecular weight excluding hydrogens is 396 g/mol. The molecule has 8 nitrogen and oxygen atoms in total. The number of carbonyl (C=O) groups excluding carboxylic acids is 3. The van der Waals surface area contributed by atoms with E-state index in [4.69, 9.17) is 16.3 Å². The number of halogens is 1. The average molecular weight is 417 g/mol. The largest absolute Gasteiger partial charge is 0.449 e. The number of ether oxygens (including phenoxy) is 1. The van der Waals surface area contributed by atoms with Gasteiger partial charge in [0.2, 0.25) is 0 Å². The highest BCUT2D eigenvalue weighted by atomic mass is 35.5. The highest BCUT2D eigenvalue weighted by molar-refractivity contribution is 6.31. The van der Waals surface area contributed by atoms with Gasteiger partial charge in [0.15, 0.2) is 6.10 Å². The maximum Gasteiger partial charge on any atom is 0.331 e. The standard InChI is InChI=1S/C20H21ClN4O4/c1-13-16(18(21)25(23-13)12-15-6-4-3-5-7-15)8-9-17(26)29-14(2)19(27)24-11-10-22-20(24)28/h3-9,14H,10-12H2,1-2H3,(H,22,28)/b9-8+. The maximum absolute atomic E-state index is 12.2. The predicted molar refractivity (Wildman–Crippen MR) is 107 cm³/mol. The monoisotopic (exact) mass is 416 g/mol.